The molecule has 0 aliphatic rings. The average Bonchev–Trinajstić information content (AvgIpc) is 3.12. The lowest BCUT2D eigenvalue weighted by Gasteiger charge is -2.31. The van der Waals surface area contributed by atoms with E-state index in [1.54, 1.807) is 12.0 Å². The Balaban J connectivity index is 2.16. The number of aromatic nitrogens is 1. The molecular formula is C25H29N3O3S. The SMILES string of the molecule is COCCNC(=O)[C@@H](c1ccccc1)N(C(=O)c1sc(C)nc1C)c1ccc(C)c(C)c1. The fraction of sp³-hybridized carbons (Fsp3) is 0.320. The molecule has 0 saturated carbocycles. The van der Waals surface area contributed by atoms with Crippen LogP contribution in [-0.4, -0.2) is 37.1 Å². The highest BCUT2D eigenvalue weighted by Gasteiger charge is 2.35. The second-order valence-electron chi connectivity index (χ2n) is 7.69. The first-order valence-corrected chi connectivity index (χ1v) is 11.3. The van der Waals surface area contributed by atoms with Crippen LogP contribution in [0.25, 0.3) is 0 Å². The van der Waals surface area contributed by atoms with E-state index in [9.17, 15) is 9.59 Å². The van der Waals surface area contributed by atoms with Crippen molar-refractivity contribution in [2.45, 2.75) is 33.7 Å². The molecule has 7 heteroatoms. The number of aryl methyl sites for hydroxylation is 4. The van der Waals surface area contributed by atoms with Crippen molar-refractivity contribution in [2.75, 3.05) is 25.2 Å². The maximum absolute atomic E-state index is 13.9. The number of carbonyl (C=O) groups is 2. The smallest absolute Gasteiger partial charge is 0.271 e. The zero-order chi connectivity index (χ0) is 23.3. The number of hydrogen-bond acceptors (Lipinski definition) is 5. The molecule has 0 fully saturated rings. The van der Waals surface area contributed by atoms with Crippen LogP contribution < -0.4 is 10.2 Å². The van der Waals surface area contributed by atoms with E-state index in [1.165, 1.54) is 11.3 Å². The second-order valence-corrected chi connectivity index (χ2v) is 8.89. The third-order valence-corrected chi connectivity index (χ3v) is 6.37. The van der Waals surface area contributed by atoms with Gasteiger partial charge < -0.3 is 10.1 Å². The van der Waals surface area contributed by atoms with E-state index in [4.69, 9.17) is 4.74 Å². The normalized spacial score (nSPS) is 11.8. The van der Waals surface area contributed by atoms with E-state index < -0.39 is 6.04 Å². The number of nitrogens with one attached hydrogen (secondary N) is 1. The quantitative estimate of drug-likeness (QED) is 0.511. The molecule has 1 aromatic heterocycles. The lowest BCUT2D eigenvalue weighted by atomic mass is 10.0. The zero-order valence-electron chi connectivity index (χ0n) is 19.1. The molecule has 168 valence electrons. The standard InChI is InChI=1S/C25H29N3O3S/c1-16-11-12-21(15-17(16)2)28(25(30)23-18(3)27-19(4)32-23)22(20-9-7-6-8-10-20)24(29)26-13-14-31-5/h6-12,15,22H,13-14H2,1-5H3,(H,26,29)/t22-/m1/s1. The summed E-state index contributed by atoms with van der Waals surface area (Å²) in [7, 11) is 1.58. The van der Waals surface area contributed by atoms with E-state index in [1.807, 2.05) is 76.2 Å². The number of anilines is 1. The number of methoxy groups -OCH3 is 1. The van der Waals surface area contributed by atoms with Crippen LogP contribution >= 0.6 is 11.3 Å². The predicted molar refractivity (Wildman–Crippen MR) is 128 cm³/mol. The first-order valence-electron chi connectivity index (χ1n) is 10.5. The summed E-state index contributed by atoms with van der Waals surface area (Å²) in [6, 6.07) is 14.3. The molecule has 0 bridgehead atoms. The van der Waals surface area contributed by atoms with Gasteiger partial charge in [0.1, 0.15) is 10.9 Å². The number of carbonyl (C=O) groups excluding carboxylic acids is 2. The zero-order valence-corrected chi connectivity index (χ0v) is 20.0. The molecule has 3 rings (SSSR count). The largest absolute Gasteiger partial charge is 0.383 e. The summed E-state index contributed by atoms with van der Waals surface area (Å²) in [5, 5.41) is 3.73. The van der Waals surface area contributed by atoms with E-state index in [2.05, 4.69) is 10.3 Å². The summed E-state index contributed by atoms with van der Waals surface area (Å²) in [5.41, 5.74) is 4.22. The first-order chi connectivity index (χ1) is 15.3. The van der Waals surface area contributed by atoms with Crippen LogP contribution in [0.1, 0.15) is 43.1 Å². The Morgan fingerprint density at radius 3 is 2.38 bits per heavy atom. The van der Waals surface area contributed by atoms with Gasteiger partial charge in [-0.1, -0.05) is 36.4 Å². The lowest BCUT2D eigenvalue weighted by Crippen LogP contribution is -2.44. The molecule has 0 saturated heterocycles. The van der Waals surface area contributed by atoms with Crippen molar-refractivity contribution in [2.24, 2.45) is 0 Å². The molecule has 6 nitrogen and oxygen atoms in total. The molecule has 2 amide bonds. The van der Waals surface area contributed by atoms with Gasteiger partial charge in [-0.25, -0.2) is 4.98 Å². The molecule has 0 aliphatic carbocycles. The summed E-state index contributed by atoms with van der Waals surface area (Å²) in [5.74, 6) is -0.509. The molecule has 2 aromatic carbocycles. The number of rotatable bonds is 8. The van der Waals surface area contributed by atoms with Crippen molar-refractivity contribution in [3.8, 4) is 0 Å². The summed E-state index contributed by atoms with van der Waals surface area (Å²) in [6.45, 7) is 8.46. The molecule has 0 unspecified atom stereocenters. The van der Waals surface area contributed by atoms with Crippen LogP contribution in [0.5, 0.6) is 0 Å². The Bertz CT molecular complexity index is 1100. The van der Waals surface area contributed by atoms with Crippen LogP contribution in [0, 0.1) is 27.7 Å². The summed E-state index contributed by atoms with van der Waals surface area (Å²) in [4.78, 5) is 33.9. The van der Waals surface area contributed by atoms with Gasteiger partial charge >= 0.3 is 0 Å². The summed E-state index contributed by atoms with van der Waals surface area (Å²) >= 11 is 1.34. The average molecular weight is 452 g/mol. The highest BCUT2D eigenvalue weighted by atomic mass is 32.1. The molecule has 1 heterocycles. The Kier molecular flexibility index (Phi) is 7.77. The third kappa shape index (κ3) is 5.23. The Labute approximate surface area is 193 Å². The van der Waals surface area contributed by atoms with Gasteiger partial charge in [-0.2, -0.15) is 0 Å². The van der Waals surface area contributed by atoms with Crippen LogP contribution in [0.2, 0.25) is 0 Å². The molecule has 0 aliphatic heterocycles. The number of ether oxygens (including phenoxy) is 1. The number of hydrogen-bond donors (Lipinski definition) is 1. The minimum Gasteiger partial charge on any atom is -0.383 e. The van der Waals surface area contributed by atoms with Crippen molar-refractivity contribution in [3.63, 3.8) is 0 Å². The number of thiazole rings is 1. The fourth-order valence-corrected chi connectivity index (χ4v) is 4.38. The van der Waals surface area contributed by atoms with E-state index in [-0.39, 0.29) is 11.8 Å². The van der Waals surface area contributed by atoms with Gasteiger partial charge in [-0.3, -0.25) is 14.5 Å². The molecule has 0 spiro atoms. The van der Waals surface area contributed by atoms with Crippen molar-refractivity contribution in [1.82, 2.24) is 10.3 Å². The van der Waals surface area contributed by atoms with Gasteiger partial charge in [-0.15, -0.1) is 11.3 Å². The number of nitrogens with zero attached hydrogens (tertiary/aromatic N) is 2. The number of amides is 2. The van der Waals surface area contributed by atoms with Crippen LogP contribution in [0.4, 0.5) is 5.69 Å². The monoisotopic (exact) mass is 451 g/mol. The number of benzene rings is 2. The maximum Gasteiger partial charge on any atom is 0.271 e. The van der Waals surface area contributed by atoms with Crippen molar-refractivity contribution in [3.05, 3.63) is 80.8 Å². The molecule has 3 aromatic rings. The lowest BCUT2D eigenvalue weighted by molar-refractivity contribution is -0.122. The van der Waals surface area contributed by atoms with Gasteiger partial charge in [0.15, 0.2) is 0 Å². The van der Waals surface area contributed by atoms with E-state index in [0.717, 1.165) is 21.7 Å². The molecule has 32 heavy (non-hydrogen) atoms. The van der Waals surface area contributed by atoms with Gasteiger partial charge in [0.25, 0.3) is 5.91 Å². The summed E-state index contributed by atoms with van der Waals surface area (Å²) < 4.78 is 5.09. The highest BCUT2D eigenvalue weighted by Crippen LogP contribution is 2.33. The predicted octanol–water partition coefficient (Wildman–Crippen LogP) is 4.53. The Morgan fingerprint density at radius 1 is 1.06 bits per heavy atom. The molecule has 1 N–H and O–H groups in total. The Hall–Kier alpha value is -3.03. The maximum atomic E-state index is 13.9. The Morgan fingerprint density at radius 2 is 1.78 bits per heavy atom. The van der Waals surface area contributed by atoms with Gasteiger partial charge in [0.05, 0.1) is 17.3 Å². The van der Waals surface area contributed by atoms with Crippen LogP contribution in [0.3, 0.4) is 0 Å². The molecule has 0 radical (unpaired) electrons. The minimum absolute atomic E-state index is 0.243. The van der Waals surface area contributed by atoms with Gasteiger partial charge in [-0.05, 0) is 56.5 Å². The van der Waals surface area contributed by atoms with Crippen LogP contribution in [0.15, 0.2) is 48.5 Å². The van der Waals surface area contributed by atoms with E-state index in [0.29, 0.717) is 29.4 Å². The van der Waals surface area contributed by atoms with Gasteiger partial charge in [0, 0.05) is 19.3 Å². The highest BCUT2D eigenvalue weighted by molar-refractivity contribution is 7.13. The van der Waals surface area contributed by atoms with Crippen molar-refractivity contribution < 1.29 is 14.3 Å². The second kappa shape index (κ2) is 10.5. The topological polar surface area (TPSA) is 71.5 Å². The van der Waals surface area contributed by atoms with Crippen molar-refractivity contribution >= 4 is 28.8 Å². The third-order valence-electron chi connectivity index (χ3n) is 5.31. The first kappa shape index (κ1) is 23.6. The van der Waals surface area contributed by atoms with Gasteiger partial charge in [0.2, 0.25) is 5.91 Å². The molecular weight excluding hydrogens is 422 g/mol. The molecule has 1 atom stereocenters. The minimum atomic E-state index is -0.843. The van der Waals surface area contributed by atoms with Crippen LogP contribution in [-0.2, 0) is 9.53 Å². The van der Waals surface area contributed by atoms with E-state index >= 15 is 0 Å². The summed E-state index contributed by atoms with van der Waals surface area (Å²) in [6.07, 6.45) is 0. The fourth-order valence-electron chi connectivity index (χ4n) is 3.52. The van der Waals surface area contributed by atoms with Crippen molar-refractivity contribution in [1.29, 1.82) is 0 Å².